The van der Waals surface area contributed by atoms with Crippen LogP contribution >= 0.6 is 0 Å². The SMILES string of the molecule is N#Cc1ccc(CNC(=O)CC2CCN(CC3CN(C(C(=O)O)C4CCCCC4)CC3c3ccccc3)CC2)cc1. The molecule has 3 unspecified atom stereocenters. The Morgan fingerprint density at radius 2 is 1.66 bits per heavy atom. The summed E-state index contributed by atoms with van der Waals surface area (Å²) in [6, 6.07) is 19.7. The summed E-state index contributed by atoms with van der Waals surface area (Å²) in [6.45, 7) is 5.08. The fourth-order valence-electron chi connectivity index (χ4n) is 7.44. The molecule has 41 heavy (non-hydrogen) atoms. The fourth-order valence-corrected chi connectivity index (χ4v) is 7.44. The Bertz CT molecular complexity index is 1180. The number of carboxylic acid groups (broad SMARTS) is 1. The van der Waals surface area contributed by atoms with Crippen LogP contribution in [0.15, 0.2) is 54.6 Å². The second-order valence-corrected chi connectivity index (χ2v) is 12.4. The number of amides is 1. The van der Waals surface area contributed by atoms with Crippen LogP contribution < -0.4 is 5.32 Å². The zero-order valence-electron chi connectivity index (χ0n) is 24.1. The number of nitrogens with one attached hydrogen (secondary N) is 1. The average Bonchev–Trinajstić information content (AvgIpc) is 3.41. The van der Waals surface area contributed by atoms with Crippen molar-refractivity contribution in [3.63, 3.8) is 0 Å². The van der Waals surface area contributed by atoms with Gasteiger partial charge in [0, 0.05) is 38.5 Å². The van der Waals surface area contributed by atoms with Gasteiger partial charge in [0.2, 0.25) is 5.91 Å². The Hall–Kier alpha value is -3.21. The van der Waals surface area contributed by atoms with Gasteiger partial charge in [0.15, 0.2) is 0 Å². The van der Waals surface area contributed by atoms with Gasteiger partial charge in [-0.25, -0.2) is 0 Å². The van der Waals surface area contributed by atoms with Crippen molar-refractivity contribution in [2.75, 3.05) is 32.7 Å². The molecule has 7 heteroatoms. The van der Waals surface area contributed by atoms with Gasteiger partial charge in [-0.3, -0.25) is 14.5 Å². The van der Waals surface area contributed by atoms with Crippen molar-refractivity contribution in [3.05, 3.63) is 71.3 Å². The molecule has 1 aliphatic carbocycles. The number of carboxylic acids is 1. The highest BCUT2D eigenvalue weighted by molar-refractivity contribution is 5.76. The molecule has 2 saturated heterocycles. The van der Waals surface area contributed by atoms with Gasteiger partial charge in [-0.05, 0) is 79.8 Å². The molecule has 7 nitrogen and oxygen atoms in total. The molecule has 3 aliphatic rings. The van der Waals surface area contributed by atoms with E-state index in [2.05, 4.69) is 51.5 Å². The van der Waals surface area contributed by atoms with Crippen molar-refractivity contribution in [3.8, 4) is 6.07 Å². The third-order valence-electron chi connectivity index (χ3n) is 9.69. The molecule has 2 aromatic rings. The molecular weight excluding hydrogens is 512 g/mol. The number of benzene rings is 2. The van der Waals surface area contributed by atoms with E-state index in [1.54, 1.807) is 12.1 Å². The van der Waals surface area contributed by atoms with E-state index in [-0.39, 0.29) is 17.9 Å². The zero-order chi connectivity index (χ0) is 28.6. The summed E-state index contributed by atoms with van der Waals surface area (Å²) in [6.07, 6.45) is 8.16. The lowest BCUT2D eigenvalue weighted by molar-refractivity contribution is -0.145. The van der Waals surface area contributed by atoms with Gasteiger partial charge in [0.1, 0.15) is 6.04 Å². The van der Waals surface area contributed by atoms with E-state index in [0.29, 0.717) is 36.3 Å². The number of carbonyl (C=O) groups excluding carboxylic acids is 1. The molecular formula is C34H44N4O3. The number of aliphatic carboxylic acids is 1. The molecule has 3 atom stereocenters. The third kappa shape index (κ3) is 7.75. The second kappa shape index (κ2) is 14.1. The van der Waals surface area contributed by atoms with Crippen LogP contribution in [-0.4, -0.2) is 65.5 Å². The Morgan fingerprint density at radius 1 is 0.951 bits per heavy atom. The third-order valence-corrected chi connectivity index (χ3v) is 9.69. The van der Waals surface area contributed by atoms with Gasteiger partial charge < -0.3 is 15.3 Å². The van der Waals surface area contributed by atoms with E-state index in [9.17, 15) is 14.7 Å². The van der Waals surface area contributed by atoms with Crippen LogP contribution in [0.1, 0.15) is 74.0 Å². The fraction of sp³-hybridized carbons (Fsp3) is 0.559. The summed E-state index contributed by atoms with van der Waals surface area (Å²) >= 11 is 0. The molecule has 2 N–H and O–H groups in total. The molecule has 5 rings (SSSR count). The minimum absolute atomic E-state index is 0.0887. The average molecular weight is 557 g/mol. The van der Waals surface area contributed by atoms with Crippen molar-refractivity contribution < 1.29 is 14.7 Å². The number of carbonyl (C=O) groups is 2. The van der Waals surface area contributed by atoms with E-state index in [1.807, 2.05) is 12.1 Å². The molecule has 1 amide bonds. The molecule has 0 radical (unpaired) electrons. The van der Waals surface area contributed by atoms with Gasteiger partial charge in [0.05, 0.1) is 11.6 Å². The topological polar surface area (TPSA) is 96.7 Å². The van der Waals surface area contributed by atoms with Crippen molar-refractivity contribution in [1.82, 2.24) is 15.1 Å². The van der Waals surface area contributed by atoms with Gasteiger partial charge in [-0.15, -0.1) is 0 Å². The first kappa shape index (κ1) is 29.3. The first-order valence-electron chi connectivity index (χ1n) is 15.5. The van der Waals surface area contributed by atoms with E-state index in [0.717, 1.165) is 76.8 Å². The number of rotatable bonds is 10. The highest BCUT2D eigenvalue weighted by atomic mass is 16.4. The first-order chi connectivity index (χ1) is 20.0. The molecule has 0 aromatic heterocycles. The van der Waals surface area contributed by atoms with Crippen LogP contribution in [0, 0.1) is 29.1 Å². The van der Waals surface area contributed by atoms with Crippen LogP contribution in [0.3, 0.4) is 0 Å². The van der Waals surface area contributed by atoms with Crippen LogP contribution in [0.2, 0.25) is 0 Å². The van der Waals surface area contributed by atoms with Crippen molar-refractivity contribution in [1.29, 1.82) is 5.26 Å². The van der Waals surface area contributed by atoms with Gasteiger partial charge in [-0.1, -0.05) is 61.7 Å². The Labute approximate surface area is 244 Å². The van der Waals surface area contributed by atoms with E-state index in [1.165, 1.54) is 12.0 Å². The van der Waals surface area contributed by atoms with E-state index >= 15 is 0 Å². The minimum Gasteiger partial charge on any atom is -0.480 e. The molecule has 1 saturated carbocycles. The molecule has 2 aliphatic heterocycles. The summed E-state index contributed by atoms with van der Waals surface area (Å²) in [4.78, 5) is 30.0. The quantitative estimate of drug-likeness (QED) is 0.426. The van der Waals surface area contributed by atoms with E-state index < -0.39 is 5.97 Å². The maximum Gasteiger partial charge on any atom is 0.321 e. The summed E-state index contributed by atoms with van der Waals surface area (Å²) in [5, 5.41) is 22.3. The second-order valence-electron chi connectivity index (χ2n) is 12.4. The van der Waals surface area contributed by atoms with Gasteiger partial charge in [0.25, 0.3) is 0 Å². The lowest BCUT2D eigenvalue weighted by Gasteiger charge is -2.35. The highest BCUT2D eigenvalue weighted by Crippen LogP contribution is 2.38. The number of nitriles is 1. The summed E-state index contributed by atoms with van der Waals surface area (Å²) in [7, 11) is 0. The van der Waals surface area contributed by atoms with Crippen LogP contribution in [0.4, 0.5) is 0 Å². The minimum atomic E-state index is -0.650. The maximum absolute atomic E-state index is 12.6. The Balaban J connectivity index is 1.14. The summed E-state index contributed by atoms with van der Waals surface area (Å²) in [5.74, 6) is 0.825. The monoisotopic (exact) mass is 556 g/mol. The maximum atomic E-state index is 12.6. The predicted octanol–water partition coefficient (Wildman–Crippen LogP) is 5.03. The van der Waals surface area contributed by atoms with Gasteiger partial charge in [-0.2, -0.15) is 5.26 Å². The Kier molecular flexibility index (Phi) is 10.1. The molecule has 218 valence electrons. The standard InChI is InChI=1S/C34H44N4O3/c35-20-26-11-13-27(14-12-26)21-36-32(39)19-25-15-17-37(18-16-25)22-30-23-38(24-31(30)28-7-3-1-4-8-28)33(34(40)41)29-9-5-2-6-10-29/h1,3-4,7-8,11-14,25,29-31,33H,2,5-6,9-10,15-19,21-24H2,(H,36,39)(H,40,41). The lowest BCUT2D eigenvalue weighted by Crippen LogP contribution is -2.46. The number of likely N-dealkylation sites (tertiary alicyclic amines) is 2. The normalized spacial score (nSPS) is 23.6. The summed E-state index contributed by atoms with van der Waals surface area (Å²) < 4.78 is 0. The molecule has 2 aromatic carbocycles. The number of hydrogen-bond donors (Lipinski definition) is 2. The largest absolute Gasteiger partial charge is 0.480 e. The smallest absolute Gasteiger partial charge is 0.321 e. The molecule has 0 bridgehead atoms. The van der Waals surface area contributed by atoms with Crippen molar-refractivity contribution >= 4 is 11.9 Å². The highest BCUT2D eigenvalue weighted by Gasteiger charge is 2.43. The first-order valence-corrected chi connectivity index (χ1v) is 15.5. The molecule has 2 heterocycles. The lowest BCUT2D eigenvalue weighted by atomic mass is 9.83. The number of piperidine rings is 1. The predicted molar refractivity (Wildman–Crippen MR) is 159 cm³/mol. The zero-order valence-corrected chi connectivity index (χ0v) is 24.1. The van der Waals surface area contributed by atoms with Crippen molar-refractivity contribution in [2.45, 2.75) is 69.9 Å². The van der Waals surface area contributed by atoms with Crippen molar-refractivity contribution in [2.24, 2.45) is 17.8 Å². The molecule has 0 spiro atoms. The van der Waals surface area contributed by atoms with Crippen LogP contribution in [-0.2, 0) is 16.1 Å². The van der Waals surface area contributed by atoms with Crippen LogP contribution in [0.5, 0.6) is 0 Å². The number of nitrogens with zero attached hydrogens (tertiary/aromatic N) is 3. The summed E-state index contributed by atoms with van der Waals surface area (Å²) in [5.41, 5.74) is 2.94. The number of hydrogen-bond acceptors (Lipinski definition) is 5. The van der Waals surface area contributed by atoms with Crippen LogP contribution in [0.25, 0.3) is 0 Å². The Morgan fingerprint density at radius 3 is 2.32 bits per heavy atom. The van der Waals surface area contributed by atoms with Gasteiger partial charge >= 0.3 is 5.97 Å². The molecule has 3 fully saturated rings. The van der Waals surface area contributed by atoms with E-state index in [4.69, 9.17) is 5.26 Å².